The molecule has 0 aromatic heterocycles. The van der Waals surface area contributed by atoms with Gasteiger partial charge in [-0.1, -0.05) is 98.1 Å². The van der Waals surface area contributed by atoms with Crippen LogP contribution in [0.5, 0.6) is 5.75 Å². The third kappa shape index (κ3) is 4.35. The van der Waals surface area contributed by atoms with Gasteiger partial charge >= 0.3 is 15.6 Å². The molecule has 0 saturated heterocycles. The Hall–Kier alpha value is -4.36. The van der Waals surface area contributed by atoms with Crippen molar-refractivity contribution in [3.63, 3.8) is 0 Å². The van der Waals surface area contributed by atoms with Crippen LogP contribution in [0.15, 0.2) is 104 Å². The van der Waals surface area contributed by atoms with Crippen molar-refractivity contribution in [3.05, 3.63) is 115 Å². The van der Waals surface area contributed by atoms with Crippen molar-refractivity contribution in [3.8, 4) is 28.0 Å². The van der Waals surface area contributed by atoms with Crippen LogP contribution in [0.25, 0.3) is 56.0 Å². The van der Waals surface area contributed by atoms with E-state index in [4.69, 9.17) is 0 Å². The lowest BCUT2D eigenvalue weighted by Crippen LogP contribution is -2.28. The summed E-state index contributed by atoms with van der Waals surface area (Å²) in [5.41, 5.74) is 0.212. The Bertz CT molecular complexity index is 1820. The minimum absolute atomic E-state index is 0.416. The van der Waals surface area contributed by atoms with E-state index in [0.29, 0.717) is 10.8 Å². The maximum Gasteiger partial charge on any atom is 0.534 e. The quantitative estimate of drug-likeness (QED) is 0.163. The van der Waals surface area contributed by atoms with Gasteiger partial charge in [0.05, 0.1) is 0 Å². The monoisotopic (exact) mass is 530 g/mol. The van der Waals surface area contributed by atoms with Crippen LogP contribution in [0.3, 0.4) is 0 Å². The third-order valence-corrected chi connectivity index (χ3v) is 7.33. The molecule has 190 valence electrons. The minimum atomic E-state index is -5.76. The maximum absolute atomic E-state index is 12.7. The number of benzene rings is 5. The van der Waals surface area contributed by atoms with E-state index in [0.717, 1.165) is 44.2 Å². The zero-order valence-electron chi connectivity index (χ0n) is 20.0. The Balaban J connectivity index is 1.71. The highest BCUT2D eigenvalue weighted by molar-refractivity contribution is 7.88. The van der Waals surface area contributed by atoms with Gasteiger partial charge in [0, 0.05) is 0 Å². The lowest BCUT2D eigenvalue weighted by molar-refractivity contribution is -0.0500. The Morgan fingerprint density at radius 3 is 1.76 bits per heavy atom. The van der Waals surface area contributed by atoms with Crippen LogP contribution in [-0.4, -0.2) is 13.9 Å². The molecule has 0 fully saturated rings. The van der Waals surface area contributed by atoms with Crippen LogP contribution < -0.4 is 4.18 Å². The van der Waals surface area contributed by atoms with E-state index in [1.165, 1.54) is 18.2 Å². The predicted octanol–water partition coefficient (Wildman–Crippen LogP) is 8.84. The molecule has 0 aliphatic rings. The molecule has 0 bridgehead atoms. The highest BCUT2D eigenvalue weighted by atomic mass is 32.2. The van der Waals surface area contributed by atoms with Crippen molar-refractivity contribution in [1.29, 1.82) is 0 Å². The fraction of sp³-hybridized carbons (Fsp3) is 0.0323. The normalized spacial score (nSPS) is 12.0. The number of halogens is 3. The number of hydrogen-bond donors (Lipinski definition) is 0. The highest BCUT2D eigenvalue weighted by Gasteiger charge is 2.48. The molecule has 3 nitrogen and oxygen atoms in total. The maximum atomic E-state index is 12.7. The van der Waals surface area contributed by atoms with Gasteiger partial charge in [-0.25, -0.2) is 0 Å². The number of hydrogen-bond acceptors (Lipinski definition) is 3. The first-order valence-electron chi connectivity index (χ1n) is 11.6. The molecule has 0 saturated carbocycles. The standard InChI is InChI=1S/C31H21F3O3S/c1-3-25-26(4-2)30(28-13-9-8-12-27(28)29(25)20-10-6-5-7-11-20)23-15-14-22-19-24(17-16-21(22)18-23)37-38(35,36)31(32,33)34/h3-19H,1-2H2. The van der Waals surface area contributed by atoms with E-state index >= 15 is 0 Å². The molecule has 0 amide bonds. The number of fused-ring (bicyclic) bond motifs is 2. The number of alkyl halides is 3. The van der Waals surface area contributed by atoms with Crippen LogP contribution >= 0.6 is 0 Å². The van der Waals surface area contributed by atoms with E-state index < -0.39 is 21.4 Å². The van der Waals surface area contributed by atoms with Crippen LogP contribution in [0.4, 0.5) is 13.2 Å². The summed E-state index contributed by atoms with van der Waals surface area (Å²) in [6.45, 7) is 8.16. The topological polar surface area (TPSA) is 43.4 Å². The zero-order valence-corrected chi connectivity index (χ0v) is 20.8. The second kappa shape index (κ2) is 9.50. The highest BCUT2D eigenvalue weighted by Crippen LogP contribution is 2.43. The predicted molar refractivity (Wildman–Crippen MR) is 148 cm³/mol. The van der Waals surface area contributed by atoms with Gasteiger partial charge in [0.15, 0.2) is 0 Å². The molecule has 0 aliphatic carbocycles. The summed E-state index contributed by atoms with van der Waals surface area (Å²) >= 11 is 0. The van der Waals surface area contributed by atoms with Crippen LogP contribution in [0, 0.1) is 0 Å². The molecule has 0 atom stereocenters. The van der Waals surface area contributed by atoms with Gasteiger partial charge in [-0.2, -0.15) is 21.6 Å². The van der Waals surface area contributed by atoms with Gasteiger partial charge in [-0.05, 0) is 73.1 Å². The molecule has 0 aliphatic heterocycles. The Kier molecular flexibility index (Phi) is 6.33. The molecule has 0 radical (unpaired) electrons. The molecule has 7 heteroatoms. The molecule has 38 heavy (non-hydrogen) atoms. The molecule has 0 N–H and O–H groups in total. The first-order valence-corrected chi connectivity index (χ1v) is 13.0. The summed E-state index contributed by atoms with van der Waals surface area (Å²) < 4.78 is 65.4. The molecule has 5 aromatic carbocycles. The van der Waals surface area contributed by atoms with Gasteiger partial charge < -0.3 is 4.18 Å². The van der Waals surface area contributed by atoms with E-state index in [-0.39, 0.29) is 0 Å². The summed E-state index contributed by atoms with van der Waals surface area (Å²) in [4.78, 5) is 0. The van der Waals surface area contributed by atoms with Crippen molar-refractivity contribution in [1.82, 2.24) is 0 Å². The lowest BCUT2D eigenvalue weighted by atomic mass is 9.83. The van der Waals surface area contributed by atoms with Crippen LogP contribution in [-0.2, 0) is 10.1 Å². The van der Waals surface area contributed by atoms with Crippen molar-refractivity contribution in [2.75, 3.05) is 0 Å². The molecule has 5 rings (SSSR count). The van der Waals surface area contributed by atoms with Gasteiger partial charge in [0.1, 0.15) is 5.75 Å². The van der Waals surface area contributed by atoms with Crippen molar-refractivity contribution < 1.29 is 25.8 Å². The Morgan fingerprint density at radius 2 is 1.18 bits per heavy atom. The molecule has 0 spiro atoms. The van der Waals surface area contributed by atoms with Crippen molar-refractivity contribution in [2.24, 2.45) is 0 Å². The van der Waals surface area contributed by atoms with Gasteiger partial charge in [-0.15, -0.1) is 0 Å². The van der Waals surface area contributed by atoms with E-state index in [2.05, 4.69) is 35.5 Å². The summed E-state index contributed by atoms with van der Waals surface area (Å²) in [6, 6.07) is 27.6. The average Bonchev–Trinajstić information content (AvgIpc) is 2.91. The second-order valence-corrected chi connectivity index (χ2v) is 10.1. The van der Waals surface area contributed by atoms with Crippen LogP contribution in [0.1, 0.15) is 11.1 Å². The minimum Gasteiger partial charge on any atom is -0.376 e. The Morgan fingerprint density at radius 1 is 0.658 bits per heavy atom. The SMILES string of the molecule is C=Cc1c(C=C)c(-c2ccc3cc(OS(=O)(=O)C(F)(F)F)ccc3c2)c2ccccc2c1-c1ccccc1. The van der Waals surface area contributed by atoms with Crippen molar-refractivity contribution in [2.45, 2.75) is 5.51 Å². The molecule has 5 aromatic rings. The second-order valence-electron chi connectivity index (χ2n) is 8.60. The average molecular weight is 531 g/mol. The molecule has 0 heterocycles. The van der Waals surface area contributed by atoms with Crippen LogP contribution in [0.2, 0.25) is 0 Å². The van der Waals surface area contributed by atoms with E-state index in [1.807, 2.05) is 54.6 Å². The zero-order chi connectivity index (χ0) is 27.1. The summed E-state index contributed by atoms with van der Waals surface area (Å²) in [5.74, 6) is -0.416. The Labute approximate surface area is 218 Å². The lowest BCUT2D eigenvalue weighted by Gasteiger charge is -2.20. The van der Waals surface area contributed by atoms with E-state index in [1.54, 1.807) is 12.1 Å². The first-order chi connectivity index (χ1) is 18.1. The van der Waals surface area contributed by atoms with E-state index in [9.17, 15) is 21.6 Å². The van der Waals surface area contributed by atoms with Crippen molar-refractivity contribution >= 4 is 43.8 Å². The largest absolute Gasteiger partial charge is 0.534 e. The number of rotatable bonds is 6. The molecular formula is C31H21F3O3S. The summed E-state index contributed by atoms with van der Waals surface area (Å²) in [5, 5.41) is 3.27. The fourth-order valence-electron chi connectivity index (χ4n) is 4.73. The molecular weight excluding hydrogens is 509 g/mol. The first kappa shape index (κ1) is 25.3. The fourth-order valence-corrected chi connectivity index (χ4v) is 5.19. The van der Waals surface area contributed by atoms with Gasteiger partial charge in [-0.3, -0.25) is 0 Å². The molecule has 0 unspecified atom stereocenters. The van der Waals surface area contributed by atoms with Gasteiger partial charge in [0.2, 0.25) is 0 Å². The third-order valence-electron chi connectivity index (χ3n) is 6.36. The summed E-state index contributed by atoms with van der Waals surface area (Å²) in [7, 11) is -5.76. The smallest absolute Gasteiger partial charge is 0.376 e. The van der Waals surface area contributed by atoms with Gasteiger partial charge in [0.25, 0.3) is 0 Å². The summed E-state index contributed by atoms with van der Waals surface area (Å²) in [6.07, 6.45) is 3.62.